The summed E-state index contributed by atoms with van der Waals surface area (Å²) in [6, 6.07) is 0.491. The zero-order valence-electron chi connectivity index (χ0n) is 13.7. The second-order valence-corrected chi connectivity index (χ2v) is 7.99. The van der Waals surface area contributed by atoms with Crippen molar-refractivity contribution in [3.05, 3.63) is 34.3 Å². The molecule has 2 aliphatic rings. The Morgan fingerprint density at radius 2 is 2.00 bits per heavy atom. The number of aromatic amines is 1. The Hall–Kier alpha value is -1.20. The van der Waals surface area contributed by atoms with Crippen molar-refractivity contribution in [2.24, 2.45) is 5.92 Å². The zero-order chi connectivity index (χ0) is 15.5. The Morgan fingerprint density at radius 3 is 2.83 bits per heavy atom. The standard InChI is InChI=1S/C18H26N4S/c1-2-6-14(5-1)11-17-20-12-15(21-17)13-22-9-4-3-7-16(22)18-19-8-10-23-18/h8,10,12,14,16H,1-7,9,11,13H2,(H,20,21)/t16-/m1/s1. The van der Waals surface area contributed by atoms with Crippen LogP contribution in [-0.2, 0) is 13.0 Å². The first kappa shape index (κ1) is 15.3. The van der Waals surface area contributed by atoms with Crippen LogP contribution in [0.3, 0.4) is 0 Å². The maximum atomic E-state index is 4.64. The molecule has 1 saturated carbocycles. The van der Waals surface area contributed by atoms with Gasteiger partial charge in [-0.25, -0.2) is 9.97 Å². The molecule has 2 aromatic rings. The molecule has 4 nitrogen and oxygen atoms in total. The van der Waals surface area contributed by atoms with E-state index in [9.17, 15) is 0 Å². The zero-order valence-corrected chi connectivity index (χ0v) is 14.5. The summed E-state index contributed by atoms with van der Waals surface area (Å²) in [5.74, 6) is 2.04. The molecule has 1 aliphatic carbocycles. The van der Waals surface area contributed by atoms with Gasteiger partial charge in [0, 0.05) is 36.4 Å². The smallest absolute Gasteiger partial charge is 0.110 e. The number of nitrogens with zero attached hydrogens (tertiary/aromatic N) is 3. The summed E-state index contributed by atoms with van der Waals surface area (Å²) in [7, 11) is 0. The molecule has 0 bridgehead atoms. The predicted molar refractivity (Wildman–Crippen MR) is 93.4 cm³/mol. The van der Waals surface area contributed by atoms with E-state index in [1.54, 1.807) is 11.3 Å². The maximum absolute atomic E-state index is 4.64. The minimum atomic E-state index is 0.491. The van der Waals surface area contributed by atoms with Gasteiger partial charge in [-0.2, -0.15) is 0 Å². The van der Waals surface area contributed by atoms with E-state index >= 15 is 0 Å². The van der Waals surface area contributed by atoms with E-state index in [1.165, 1.54) is 68.0 Å². The highest BCUT2D eigenvalue weighted by Crippen LogP contribution is 2.33. The van der Waals surface area contributed by atoms with Gasteiger partial charge in [-0.05, 0) is 25.3 Å². The lowest BCUT2D eigenvalue weighted by Crippen LogP contribution is -2.33. The van der Waals surface area contributed by atoms with Crippen LogP contribution in [0.25, 0.3) is 0 Å². The lowest BCUT2D eigenvalue weighted by Gasteiger charge is -2.34. The molecule has 1 saturated heterocycles. The van der Waals surface area contributed by atoms with E-state index in [4.69, 9.17) is 0 Å². The number of rotatable bonds is 5. The lowest BCUT2D eigenvalue weighted by atomic mass is 10.0. The number of aromatic nitrogens is 3. The Kier molecular flexibility index (Phi) is 4.76. The largest absolute Gasteiger partial charge is 0.345 e. The maximum Gasteiger partial charge on any atom is 0.110 e. The molecule has 0 aromatic carbocycles. The van der Waals surface area contributed by atoms with Gasteiger partial charge in [-0.15, -0.1) is 11.3 Å². The van der Waals surface area contributed by atoms with Crippen LogP contribution in [0.2, 0.25) is 0 Å². The van der Waals surface area contributed by atoms with Gasteiger partial charge < -0.3 is 4.98 Å². The fraction of sp³-hybridized carbons (Fsp3) is 0.667. The summed E-state index contributed by atoms with van der Waals surface area (Å²) in [5, 5.41) is 3.37. The highest BCUT2D eigenvalue weighted by atomic mass is 32.1. The normalized spacial score (nSPS) is 23.6. The molecule has 23 heavy (non-hydrogen) atoms. The molecule has 0 spiro atoms. The molecule has 5 heteroatoms. The van der Waals surface area contributed by atoms with Gasteiger partial charge in [0.2, 0.25) is 0 Å². The third-order valence-electron chi connectivity index (χ3n) is 5.36. The second-order valence-electron chi connectivity index (χ2n) is 7.06. The van der Waals surface area contributed by atoms with Crippen molar-refractivity contribution in [3.63, 3.8) is 0 Å². The minimum absolute atomic E-state index is 0.491. The molecule has 3 heterocycles. The molecule has 0 amide bonds. The molecular weight excluding hydrogens is 304 g/mol. The van der Waals surface area contributed by atoms with Gasteiger partial charge in [0.05, 0.1) is 6.04 Å². The molecule has 2 fully saturated rings. The monoisotopic (exact) mass is 330 g/mol. The number of thiazole rings is 1. The van der Waals surface area contributed by atoms with Crippen LogP contribution in [0, 0.1) is 5.92 Å². The molecule has 0 unspecified atom stereocenters. The number of H-pyrrole nitrogens is 1. The van der Waals surface area contributed by atoms with Crippen LogP contribution < -0.4 is 0 Å². The van der Waals surface area contributed by atoms with Gasteiger partial charge in [0.25, 0.3) is 0 Å². The van der Waals surface area contributed by atoms with E-state index in [2.05, 4.69) is 31.4 Å². The van der Waals surface area contributed by atoms with Crippen molar-refractivity contribution in [1.82, 2.24) is 19.9 Å². The van der Waals surface area contributed by atoms with Gasteiger partial charge >= 0.3 is 0 Å². The van der Waals surface area contributed by atoms with Crippen LogP contribution in [0.15, 0.2) is 17.8 Å². The van der Waals surface area contributed by atoms with Crippen molar-refractivity contribution in [1.29, 1.82) is 0 Å². The topological polar surface area (TPSA) is 44.8 Å². The summed E-state index contributed by atoms with van der Waals surface area (Å²) in [5.41, 5.74) is 1.27. The minimum Gasteiger partial charge on any atom is -0.345 e. The molecule has 1 atom stereocenters. The number of piperidine rings is 1. The van der Waals surface area contributed by atoms with E-state index < -0.39 is 0 Å². The first-order valence-corrected chi connectivity index (χ1v) is 9.92. The Labute approximate surface area is 142 Å². The van der Waals surface area contributed by atoms with Crippen molar-refractivity contribution >= 4 is 11.3 Å². The summed E-state index contributed by atoms with van der Waals surface area (Å²) >= 11 is 1.79. The highest BCUT2D eigenvalue weighted by molar-refractivity contribution is 7.09. The second kappa shape index (κ2) is 7.14. The van der Waals surface area contributed by atoms with E-state index in [0.717, 1.165) is 18.9 Å². The quantitative estimate of drug-likeness (QED) is 0.887. The van der Waals surface area contributed by atoms with Crippen LogP contribution in [0.1, 0.15) is 67.5 Å². The SMILES string of the molecule is c1csc([C@H]2CCCCN2Cc2cnc(CC3CCCC3)[nH]2)n1. The molecular formula is C18H26N4S. The summed E-state index contributed by atoms with van der Waals surface area (Å²) in [6.07, 6.45) is 14.5. The van der Waals surface area contributed by atoms with Gasteiger partial charge in [-0.1, -0.05) is 32.1 Å². The molecule has 4 rings (SSSR count). The fourth-order valence-corrected chi connectivity index (χ4v) is 4.96. The molecule has 1 aliphatic heterocycles. The van der Waals surface area contributed by atoms with Gasteiger partial charge in [-0.3, -0.25) is 4.90 Å². The molecule has 1 N–H and O–H groups in total. The fourth-order valence-electron chi connectivity index (χ4n) is 4.16. The Bertz CT molecular complexity index is 600. The van der Waals surface area contributed by atoms with Gasteiger partial charge in [0.1, 0.15) is 10.8 Å². The van der Waals surface area contributed by atoms with E-state index in [-0.39, 0.29) is 0 Å². The van der Waals surface area contributed by atoms with Crippen molar-refractivity contribution in [2.75, 3.05) is 6.54 Å². The van der Waals surface area contributed by atoms with Crippen LogP contribution in [0.4, 0.5) is 0 Å². The van der Waals surface area contributed by atoms with E-state index in [1.807, 2.05) is 6.20 Å². The first-order valence-electron chi connectivity index (χ1n) is 9.04. The average Bonchev–Trinajstić information content (AvgIpc) is 3.31. The van der Waals surface area contributed by atoms with Gasteiger partial charge in [0.15, 0.2) is 0 Å². The summed E-state index contributed by atoms with van der Waals surface area (Å²) in [6.45, 7) is 2.14. The number of likely N-dealkylation sites (tertiary alicyclic amines) is 1. The van der Waals surface area contributed by atoms with Crippen molar-refractivity contribution in [3.8, 4) is 0 Å². The Morgan fingerprint density at radius 1 is 1.13 bits per heavy atom. The number of hydrogen-bond acceptors (Lipinski definition) is 4. The number of nitrogens with one attached hydrogen (secondary N) is 1. The van der Waals surface area contributed by atoms with Crippen molar-refractivity contribution in [2.45, 2.75) is 64.0 Å². The molecule has 2 aromatic heterocycles. The molecule has 0 radical (unpaired) electrons. The summed E-state index contributed by atoms with van der Waals surface area (Å²) in [4.78, 5) is 15.4. The Balaban J connectivity index is 1.41. The number of imidazole rings is 1. The lowest BCUT2D eigenvalue weighted by molar-refractivity contribution is 0.138. The third kappa shape index (κ3) is 3.66. The predicted octanol–water partition coefficient (Wildman–Crippen LogP) is 4.33. The highest BCUT2D eigenvalue weighted by Gasteiger charge is 2.26. The third-order valence-corrected chi connectivity index (χ3v) is 6.24. The van der Waals surface area contributed by atoms with Crippen molar-refractivity contribution < 1.29 is 0 Å². The number of hydrogen-bond donors (Lipinski definition) is 1. The average molecular weight is 331 g/mol. The van der Waals surface area contributed by atoms with Crippen LogP contribution >= 0.6 is 11.3 Å². The van der Waals surface area contributed by atoms with Crippen LogP contribution in [-0.4, -0.2) is 26.4 Å². The van der Waals surface area contributed by atoms with Crippen LogP contribution in [0.5, 0.6) is 0 Å². The first-order chi connectivity index (χ1) is 11.4. The molecule has 124 valence electrons. The van der Waals surface area contributed by atoms with E-state index in [0.29, 0.717) is 6.04 Å². The summed E-state index contributed by atoms with van der Waals surface area (Å²) < 4.78 is 0.